The van der Waals surface area contributed by atoms with Gasteiger partial charge in [-0.15, -0.1) is 11.3 Å². The summed E-state index contributed by atoms with van der Waals surface area (Å²) in [6.07, 6.45) is 1.03. The van der Waals surface area contributed by atoms with Crippen molar-refractivity contribution in [2.24, 2.45) is 0 Å². The molecule has 0 unspecified atom stereocenters. The van der Waals surface area contributed by atoms with Crippen molar-refractivity contribution in [2.75, 3.05) is 20.2 Å². The quantitative estimate of drug-likeness (QED) is 0.896. The van der Waals surface area contributed by atoms with E-state index in [2.05, 4.69) is 55.4 Å². The molecule has 0 fully saturated rings. The monoisotopic (exact) mass is 263 g/mol. The fourth-order valence-electron chi connectivity index (χ4n) is 1.94. The fourth-order valence-corrected chi connectivity index (χ4v) is 2.94. The van der Waals surface area contributed by atoms with Crippen molar-refractivity contribution in [1.29, 1.82) is 0 Å². The highest BCUT2D eigenvalue weighted by Gasteiger charge is 2.22. The van der Waals surface area contributed by atoms with Crippen molar-refractivity contribution in [2.45, 2.75) is 25.8 Å². The molecule has 0 amide bonds. The number of thiophene rings is 1. The smallest absolute Gasteiger partial charge is 0.0609 e. The molecule has 98 valence electrons. The van der Waals surface area contributed by atoms with Crippen molar-refractivity contribution in [3.05, 3.63) is 35.2 Å². The van der Waals surface area contributed by atoms with Crippen LogP contribution in [0.15, 0.2) is 29.6 Å². The maximum atomic E-state index is 9.35. The van der Waals surface area contributed by atoms with E-state index in [4.69, 9.17) is 0 Å². The van der Waals surface area contributed by atoms with E-state index in [1.165, 1.54) is 15.6 Å². The van der Waals surface area contributed by atoms with Crippen LogP contribution in [0.5, 0.6) is 0 Å². The number of hydrogen-bond acceptors (Lipinski definition) is 3. The Labute approximate surface area is 113 Å². The Balaban J connectivity index is 2.07. The van der Waals surface area contributed by atoms with Gasteiger partial charge in [-0.1, -0.05) is 18.2 Å². The number of nitrogens with zero attached hydrogens (tertiary/aromatic N) is 1. The maximum Gasteiger partial charge on any atom is 0.0609 e. The molecular weight excluding hydrogens is 242 g/mol. The zero-order chi connectivity index (χ0) is 13.2. The predicted molar refractivity (Wildman–Crippen MR) is 79.3 cm³/mol. The Bertz CT molecular complexity index is 518. The summed E-state index contributed by atoms with van der Waals surface area (Å²) in [4.78, 5) is 2.22. The van der Waals surface area contributed by atoms with E-state index >= 15 is 0 Å². The van der Waals surface area contributed by atoms with Gasteiger partial charge in [0.05, 0.1) is 6.61 Å². The number of likely N-dealkylation sites (N-methyl/N-ethyl adjacent to an activating group) is 1. The number of rotatable bonds is 5. The van der Waals surface area contributed by atoms with Crippen molar-refractivity contribution in [3.8, 4) is 0 Å². The summed E-state index contributed by atoms with van der Waals surface area (Å²) < 4.78 is 1.36. The molecule has 0 aliphatic carbocycles. The van der Waals surface area contributed by atoms with Gasteiger partial charge < -0.3 is 5.11 Å². The van der Waals surface area contributed by atoms with Gasteiger partial charge in [-0.2, -0.15) is 0 Å². The van der Waals surface area contributed by atoms with Crippen LogP contribution in [0.1, 0.15) is 19.4 Å². The molecule has 0 aliphatic heterocycles. The highest BCUT2D eigenvalue weighted by atomic mass is 32.1. The first-order valence-electron chi connectivity index (χ1n) is 6.32. The Kier molecular flexibility index (Phi) is 4.05. The summed E-state index contributed by atoms with van der Waals surface area (Å²) >= 11 is 1.81. The van der Waals surface area contributed by atoms with Crippen LogP contribution in [0.2, 0.25) is 0 Å². The van der Waals surface area contributed by atoms with Gasteiger partial charge in [0, 0.05) is 16.8 Å². The van der Waals surface area contributed by atoms with Crippen molar-refractivity contribution >= 4 is 21.4 Å². The molecule has 3 heteroatoms. The van der Waals surface area contributed by atoms with Gasteiger partial charge in [0.1, 0.15) is 0 Å². The van der Waals surface area contributed by atoms with Gasteiger partial charge in [-0.3, -0.25) is 4.90 Å². The molecule has 1 N–H and O–H groups in total. The van der Waals surface area contributed by atoms with E-state index < -0.39 is 0 Å². The Morgan fingerprint density at radius 1 is 1.28 bits per heavy atom. The van der Waals surface area contributed by atoms with Crippen molar-refractivity contribution < 1.29 is 5.11 Å². The topological polar surface area (TPSA) is 23.5 Å². The zero-order valence-electron chi connectivity index (χ0n) is 11.3. The van der Waals surface area contributed by atoms with Gasteiger partial charge in [0.15, 0.2) is 0 Å². The Morgan fingerprint density at radius 3 is 2.72 bits per heavy atom. The van der Waals surface area contributed by atoms with E-state index in [-0.39, 0.29) is 12.1 Å². The van der Waals surface area contributed by atoms with E-state index in [0.717, 1.165) is 13.0 Å². The molecule has 2 aromatic rings. The number of aliphatic hydroxyl groups is 1. The zero-order valence-corrected chi connectivity index (χ0v) is 12.1. The SMILES string of the molecule is CN(CCc1csc2ccccc12)C(C)(C)CO. The number of hydrogen-bond donors (Lipinski definition) is 1. The summed E-state index contributed by atoms with van der Waals surface area (Å²) in [6, 6.07) is 8.55. The lowest BCUT2D eigenvalue weighted by Crippen LogP contribution is -2.45. The first-order chi connectivity index (χ1) is 8.54. The third-order valence-electron chi connectivity index (χ3n) is 3.70. The van der Waals surface area contributed by atoms with Gasteiger partial charge in [-0.05, 0) is 49.7 Å². The lowest BCUT2D eigenvalue weighted by Gasteiger charge is -2.33. The summed E-state index contributed by atoms with van der Waals surface area (Å²) in [5.41, 5.74) is 1.27. The van der Waals surface area contributed by atoms with Crippen LogP contribution in [-0.2, 0) is 6.42 Å². The molecule has 0 saturated carbocycles. The highest BCUT2D eigenvalue weighted by molar-refractivity contribution is 7.17. The molecule has 0 spiro atoms. The van der Waals surface area contributed by atoms with Crippen molar-refractivity contribution in [3.63, 3.8) is 0 Å². The normalized spacial score (nSPS) is 12.5. The summed E-state index contributed by atoms with van der Waals surface area (Å²) in [5.74, 6) is 0. The van der Waals surface area contributed by atoms with Gasteiger partial charge >= 0.3 is 0 Å². The average Bonchev–Trinajstić information content (AvgIpc) is 2.79. The molecule has 1 aromatic heterocycles. The molecular formula is C15H21NOS. The third kappa shape index (κ3) is 2.74. The van der Waals surface area contributed by atoms with Gasteiger partial charge in [-0.25, -0.2) is 0 Å². The highest BCUT2D eigenvalue weighted by Crippen LogP contribution is 2.26. The maximum absolute atomic E-state index is 9.35. The molecule has 0 bridgehead atoms. The minimum atomic E-state index is -0.147. The van der Waals surface area contributed by atoms with Crippen molar-refractivity contribution in [1.82, 2.24) is 4.90 Å². The van der Waals surface area contributed by atoms with Crippen LogP contribution >= 0.6 is 11.3 Å². The van der Waals surface area contributed by atoms with Gasteiger partial charge in [0.2, 0.25) is 0 Å². The lowest BCUT2D eigenvalue weighted by atomic mass is 10.0. The minimum absolute atomic E-state index is 0.147. The van der Waals surface area contributed by atoms with Crippen LogP contribution in [0, 0.1) is 0 Å². The minimum Gasteiger partial charge on any atom is -0.394 e. The van der Waals surface area contributed by atoms with Crippen LogP contribution in [0.25, 0.3) is 10.1 Å². The van der Waals surface area contributed by atoms with E-state index in [0.29, 0.717) is 0 Å². The number of fused-ring (bicyclic) bond motifs is 1. The van der Waals surface area contributed by atoms with E-state index in [1.807, 2.05) is 11.3 Å². The molecule has 0 aliphatic rings. The standard InChI is InChI=1S/C15H21NOS/c1-15(2,11-17)16(3)9-8-12-10-18-14-7-5-4-6-13(12)14/h4-7,10,17H,8-9,11H2,1-3H3. The summed E-state index contributed by atoms with van der Waals surface area (Å²) in [6.45, 7) is 5.29. The first-order valence-corrected chi connectivity index (χ1v) is 7.20. The Morgan fingerprint density at radius 2 is 2.00 bits per heavy atom. The molecule has 18 heavy (non-hydrogen) atoms. The third-order valence-corrected chi connectivity index (χ3v) is 4.71. The second-order valence-electron chi connectivity index (χ2n) is 5.40. The largest absolute Gasteiger partial charge is 0.394 e. The summed E-state index contributed by atoms with van der Waals surface area (Å²) in [7, 11) is 2.07. The molecule has 2 nitrogen and oxygen atoms in total. The average molecular weight is 263 g/mol. The van der Waals surface area contributed by atoms with Crippen LogP contribution < -0.4 is 0 Å². The van der Waals surface area contributed by atoms with Crippen LogP contribution in [-0.4, -0.2) is 35.7 Å². The molecule has 1 aromatic carbocycles. The second-order valence-corrected chi connectivity index (χ2v) is 6.31. The second kappa shape index (κ2) is 5.39. The number of benzene rings is 1. The van der Waals surface area contributed by atoms with E-state index in [9.17, 15) is 5.11 Å². The van der Waals surface area contributed by atoms with Gasteiger partial charge in [0.25, 0.3) is 0 Å². The predicted octanol–water partition coefficient (Wildman–Crippen LogP) is 3.15. The van der Waals surface area contributed by atoms with Crippen LogP contribution in [0.4, 0.5) is 0 Å². The molecule has 0 radical (unpaired) electrons. The van der Waals surface area contributed by atoms with Crippen LogP contribution in [0.3, 0.4) is 0 Å². The molecule has 0 atom stereocenters. The van der Waals surface area contributed by atoms with E-state index in [1.54, 1.807) is 0 Å². The number of aliphatic hydroxyl groups excluding tert-OH is 1. The lowest BCUT2D eigenvalue weighted by molar-refractivity contribution is 0.0801. The molecule has 2 rings (SSSR count). The fraction of sp³-hybridized carbons (Fsp3) is 0.467. The first kappa shape index (κ1) is 13.5. The Hall–Kier alpha value is -0.900. The molecule has 0 saturated heterocycles. The molecule has 1 heterocycles. The summed E-state index contributed by atoms with van der Waals surface area (Å²) in [5, 5.41) is 13.0.